The van der Waals surface area contributed by atoms with Crippen molar-refractivity contribution in [1.82, 2.24) is 20.2 Å². The molecule has 1 rings (SSSR count). The normalized spacial score (nSPS) is 14.5. The van der Waals surface area contributed by atoms with Crippen molar-refractivity contribution < 1.29 is 9.90 Å². The van der Waals surface area contributed by atoms with Crippen LogP contribution in [0, 0.1) is 5.41 Å². The molecule has 0 fully saturated rings. The van der Waals surface area contributed by atoms with E-state index in [0.29, 0.717) is 13.0 Å². The fraction of sp³-hybridized carbons (Fsp3) is 0.818. The molecule has 6 heteroatoms. The topological polar surface area (TPSA) is 80.9 Å². The number of rotatable bonds is 7. The number of tetrazole rings is 1. The lowest BCUT2D eigenvalue weighted by molar-refractivity contribution is -0.149. The molecule has 0 aromatic carbocycles. The molecule has 0 radical (unpaired) electrons. The Hall–Kier alpha value is -1.46. The number of aryl methyl sites for hydroxylation is 1. The maximum absolute atomic E-state index is 11.2. The van der Waals surface area contributed by atoms with E-state index >= 15 is 0 Å². The number of carbonyl (C=O) groups is 1. The van der Waals surface area contributed by atoms with E-state index < -0.39 is 11.4 Å². The lowest BCUT2D eigenvalue weighted by Gasteiger charge is -2.22. The molecule has 0 aliphatic rings. The maximum Gasteiger partial charge on any atom is 0.311 e. The molecule has 0 saturated heterocycles. The van der Waals surface area contributed by atoms with Crippen molar-refractivity contribution in [3.8, 4) is 0 Å². The average molecular weight is 240 g/mol. The summed E-state index contributed by atoms with van der Waals surface area (Å²) >= 11 is 0. The molecule has 0 aliphatic heterocycles. The van der Waals surface area contributed by atoms with Crippen molar-refractivity contribution in [2.45, 2.75) is 53.0 Å². The van der Waals surface area contributed by atoms with Gasteiger partial charge in [-0.3, -0.25) is 4.79 Å². The van der Waals surface area contributed by atoms with E-state index in [1.807, 2.05) is 6.92 Å². The average Bonchev–Trinajstić information content (AvgIpc) is 2.73. The van der Waals surface area contributed by atoms with Gasteiger partial charge in [0.1, 0.15) is 0 Å². The predicted octanol–water partition coefficient (Wildman–Crippen LogP) is 1.52. The molecule has 1 heterocycles. The van der Waals surface area contributed by atoms with Crippen molar-refractivity contribution in [3.05, 3.63) is 5.82 Å². The first-order valence-corrected chi connectivity index (χ1v) is 6.02. The molecule has 1 aromatic heterocycles. The standard InChI is InChI=1S/C11H20N4O2/c1-4-6-7-9-12-13-14-15(9)8-11(3,5-2)10(16)17/h4-8H2,1-3H3,(H,16,17). The zero-order chi connectivity index (χ0) is 12.9. The molecular weight excluding hydrogens is 220 g/mol. The third-order valence-corrected chi connectivity index (χ3v) is 3.16. The van der Waals surface area contributed by atoms with Crippen LogP contribution in [0.1, 0.15) is 45.9 Å². The van der Waals surface area contributed by atoms with Gasteiger partial charge in [0.15, 0.2) is 5.82 Å². The fourth-order valence-corrected chi connectivity index (χ4v) is 1.52. The highest BCUT2D eigenvalue weighted by molar-refractivity contribution is 5.73. The Morgan fingerprint density at radius 3 is 2.71 bits per heavy atom. The molecule has 1 N–H and O–H groups in total. The van der Waals surface area contributed by atoms with Crippen LogP contribution >= 0.6 is 0 Å². The highest BCUT2D eigenvalue weighted by Gasteiger charge is 2.32. The molecule has 6 nitrogen and oxygen atoms in total. The molecule has 0 spiro atoms. The minimum absolute atomic E-state index is 0.324. The van der Waals surface area contributed by atoms with E-state index in [4.69, 9.17) is 0 Å². The zero-order valence-corrected chi connectivity index (χ0v) is 10.7. The van der Waals surface area contributed by atoms with Gasteiger partial charge in [-0.05, 0) is 30.2 Å². The SMILES string of the molecule is CCCCc1nnnn1CC(C)(CC)C(=O)O. The second-order valence-corrected chi connectivity index (χ2v) is 4.58. The summed E-state index contributed by atoms with van der Waals surface area (Å²) in [6.07, 6.45) is 3.42. The van der Waals surface area contributed by atoms with Gasteiger partial charge in [0, 0.05) is 6.42 Å². The minimum atomic E-state index is -0.809. The van der Waals surface area contributed by atoms with E-state index in [0.717, 1.165) is 25.1 Å². The second-order valence-electron chi connectivity index (χ2n) is 4.58. The largest absolute Gasteiger partial charge is 0.481 e. The number of aromatic nitrogens is 4. The first-order chi connectivity index (χ1) is 8.03. The van der Waals surface area contributed by atoms with Gasteiger partial charge in [-0.2, -0.15) is 0 Å². The summed E-state index contributed by atoms with van der Waals surface area (Å²) in [5, 5.41) is 20.7. The van der Waals surface area contributed by atoms with Gasteiger partial charge >= 0.3 is 5.97 Å². The molecule has 0 amide bonds. The summed E-state index contributed by atoms with van der Waals surface area (Å²) in [6, 6.07) is 0. The van der Waals surface area contributed by atoms with Crippen molar-refractivity contribution >= 4 is 5.97 Å². The smallest absolute Gasteiger partial charge is 0.311 e. The van der Waals surface area contributed by atoms with E-state index in [9.17, 15) is 9.90 Å². The monoisotopic (exact) mass is 240 g/mol. The predicted molar refractivity (Wildman–Crippen MR) is 62.5 cm³/mol. The Morgan fingerprint density at radius 2 is 2.18 bits per heavy atom. The van der Waals surface area contributed by atoms with Crippen molar-refractivity contribution in [3.63, 3.8) is 0 Å². The molecule has 0 bridgehead atoms. The maximum atomic E-state index is 11.2. The molecule has 96 valence electrons. The second kappa shape index (κ2) is 5.75. The van der Waals surface area contributed by atoms with Gasteiger partial charge in [0.25, 0.3) is 0 Å². The Balaban J connectivity index is 2.80. The number of hydrogen-bond donors (Lipinski definition) is 1. The number of unbranched alkanes of at least 4 members (excludes halogenated alkanes) is 1. The van der Waals surface area contributed by atoms with Gasteiger partial charge < -0.3 is 5.11 Å². The Kier molecular flexibility index (Phi) is 4.60. The summed E-state index contributed by atoms with van der Waals surface area (Å²) in [4.78, 5) is 11.2. The van der Waals surface area contributed by atoms with Gasteiger partial charge in [-0.25, -0.2) is 4.68 Å². The third-order valence-electron chi connectivity index (χ3n) is 3.16. The van der Waals surface area contributed by atoms with E-state index in [2.05, 4.69) is 22.4 Å². The first kappa shape index (κ1) is 13.6. The van der Waals surface area contributed by atoms with Crippen LogP contribution in [0.3, 0.4) is 0 Å². The number of nitrogens with zero attached hydrogens (tertiary/aromatic N) is 4. The molecule has 1 unspecified atom stereocenters. The van der Waals surface area contributed by atoms with Crippen LogP contribution < -0.4 is 0 Å². The van der Waals surface area contributed by atoms with Crippen LogP contribution in [-0.2, 0) is 17.8 Å². The van der Waals surface area contributed by atoms with Crippen molar-refractivity contribution in [2.75, 3.05) is 0 Å². The summed E-state index contributed by atoms with van der Waals surface area (Å²) in [6.45, 7) is 6.01. The van der Waals surface area contributed by atoms with Gasteiger partial charge in [0.2, 0.25) is 0 Å². The quantitative estimate of drug-likeness (QED) is 0.781. The third kappa shape index (κ3) is 3.25. The van der Waals surface area contributed by atoms with E-state index in [1.165, 1.54) is 0 Å². The van der Waals surface area contributed by atoms with Crippen LogP contribution in [0.2, 0.25) is 0 Å². The number of carboxylic acid groups (broad SMARTS) is 1. The van der Waals surface area contributed by atoms with Crippen LogP contribution in [0.15, 0.2) is 0 Å². The Bertz CT molecular complexity index is 377. The summed E-state index contributed by atoms with van der Waals surface area (Å²) < 4.78 is 1.62. The summed E-state index contributed by atoms with van der Waals surface area (Å²) in [5.74, 6) is -0.0373. The van der Waals surface area contributed by atoms with E-state index in [-0.39, 0.29) is 0 Å². The molecule has 17 heavy (non-hydrogen) atoms. The van der Waals surface area contributed by atoms with Gasteiger partial charge in [0.05, 0.1) is 12.0 Å². The highest BCUT2D eigenvalue weighted by Crippen LogP contribution is 2.24. The van der Waals surface area contributed by atoms with Gasteiger partial charge in [-0.15, -0.1) is 5.10 Å². The van der Waals surface area contributed by atoms with Crippen LogP contribution in [0.25, 0.3) is 0 Å². The number of hydrogen-bond acceptors (Lipinski definition) is 4. The van der Waals surface area contributed by atoms with E-state index in [1.54, 1.807) is 11.6 Å². The van der Waals surface area contributed by atoms with Crippen LogP contribution in [-0.4, -0.2) is 31.3 Å². The first-order valence-electron chi connectivity index (χ1n) is 6.02. The van der Waals surface area contributed by atoms with Crippen molar-refractivity contribution in [2.24, 2.45) is 5.41 Å². The minimum Gasteiger partial charge on any atom is -0.481 e. The molecular formula is C11H20N4O2. The molecule has 0 saturated carbocycles. The number of aliphatic carboxylic acids is 1. The van der Waals surface area contributed by atoms with Crippen LogP contribution in [0.5, 0.6) is 0 Å². The molecule has 0 aliphatic carbocycles. The lowest BCUT2D eigenvalue weighted by Crippen LogP contribution is -2.33. The Morgan fingerprint density at radius 1 is 1.47 bits per heavy atom. The summed E-state index contributed by atoms with van der Waals surface area (Å²) in [5.41, 5.74) is -0.809. The lowest BCUT2D eigenvalue weighted by atomic mass is 9.88. The number of carboxylic acids is 1. The molecule has 1 atom stereocenters. The Labute approximate surface area is 101 Å². The van der Waals surface area contributed by atoms with Gasteiger partial charge in [-0.1, -0.05) is 20.3 Å². The zero-order valence-electron chi connectivity index (χ0n) is 10.7. The van der Waals surface area contributed by atoms with Crippen molar-refractivity contribution in [1.29, 1.82) is 0 Å². The fourth-order valence-electron chi connectivity index (χ4n) is 1.52. The molecule has 1 aromatic rings. The van der Waals surface area contributed by atoms with Crippen LogP contribution in [0.4, 0.5) is 0 Å². The summed E-state index contributed by atoms with van der Waals surface area (Å²) in [7, 11) is 0. The highest BCUT2D eigenvalue weighted by atomic mass is 16.4.